The normalized spacial score (nSPS) is 10.3. The maximum atomic E-state index is 10.9. The predicted molar refractivity (Wildman–Crippen MR) is 94.7 cm³/mol. The molecule has 2 aromatic carbocycles. The van der Waals surface area contributed by atoms with Crippen LogP contribution in [0.5, 0.6) is 11.6 Å². The lowest BCUT2D eigenvalue weighted by molar-refractivity contribution is 0.0697. The fourth-order valence-electron chi connectivity index (χ4n) is 2.19. The average Bonchev–Trinajstić information content (AvgIpc) is 2.60. The van der Waals surface area contributed by atoms with Crippen molar-refractivity contribution in [2.24, 2.45) is 0 Å². The highest BCUT2D eigenvalue weighted by molar-refractivity contribution is 5.87. The summed E-state index contributed by atoms with van der Waals surface area (Å²) in [7, 11) is 0. The summed E-state index contributed by atoms with van der Waals surface area (Å²) in [6, 6.07) is 15.8. The van der Waals surface area contributed by atoms with E-state index < -0.39 is 5.97 Å². The molecule has 1 heterocycles. The molecule has 0 spiro atoms. The predicted octanol–water partition coefficient (Wildman–Crippen LogP) is 4.33. The third-order valence-electron chi connectivity index (χ3n) is 3.69. The van der Waals surface area contributed by atoms with E-state index in [0.29, 0.717) is 17.6 Å². The molecule has 0 atom stereocenters. The van der Waals surface area contributed by atoms with Gasteiger partial charge in [-0.3, -0.25) is 0 Å². The number of rotatable bonds is 5. The van der Waals surface area contributed by atoms with Gasteiger partial charge < -0.3 is 15.2 Å². The Labute approximate surface area is 145 Å². The zero-order valence-corrected chi connectivity index (χ0v) is 13.9. The van der Waals surface area contributed by atoms with Gasteiger partial charge >= 0.3 is 5.97 Å². The molecule has 3 rings (SSSR count). The van der Waals surface area contributed by atoms with Crippen molar-refractivity contribution in [3.8, 4) is 11.6 Å². The second kappa shape index (κ2) is 7.00. The summed E-state index contributed by atoms with van der Waals surface area (Å²) in [4.78, 5) is 19.8. The summed E-state index contributed by atoms with van der Waals surface area (Å²) in [5.41, 5.74) is 2.70. The Kier molecular flexibility index (Phi) is 4.61. The van der Waals surface area contributed by atoms with E-state index in [2.05, 4.69) is 15.3 Å². The van der Waals surface area contributed by atoms with E-state index in [9.17, 15) is 4.79 Å². The van der Waals surface area contributed by atoms with Gasteiger partial charge in [0.2, 0.25) is 11.8 Å². The molecule has 0 saturated heterocycles. The average molecular weight is 335 g/mol. The van der Waals surface area contributed by atoms with Crippen molar-refractivity contribution < 1.29 is 14.6 Å². The molecule has 6 heteroatoms. The van der Waals surface area contributed by atoms with Crippen molar-refractivity contribution >= 4 is 17.6 Å². The van der Waals surface area contributed by atoms with Gasteiger partial charge in [-0.05, 0) is 50.2 Å². The minimum atomic E-state index is -0.977. The van der Waals surface area contributed by atoms with Crippen LogP contribution in [0.2, 0.25) is 0 Å². The van der Waals surface area contributed by atoms with Crippen LogP contribution in [0.15, 0.2) is 54.6 Å². The van der Waals surface area contributed by atoms with E-state index in [-0.39, 0.29) is 5.56 Å². The Morgan fingerprint density at radius 2 is 1.68 bits per heavy atom. The molecular weight excluding hydrogens is 318 g/mol. The summed E-state index contributed by atoms with van der Waals surface area (Å²) >= 11 is 0. The largest absolute Gasteiger partial charge is 0.478 e. The Hall–Kier alpha value is -3.41. The van der Waals surface area contributed by atoms with E-state index in [1.807, 2.05) is 44.2 Å². The number of anilines is 2. The van der Waals surface area contributed by atoms with E-state index in [1.54, 1.807) is 12.1 Å². The molecular formula is C19H17N3O3. The highest BCUT2D eigenvalue weighted by atomic mass is 16.5. The monoisotopic (exact) mass is 335 g/mol. The molecule has 3 aromatic rings. The van der Waals surface area contributed by atoms with Crippen LogP contribution in [0.3, 0.4) is 0 Å². The smallest absolute Gasteiger partial charge is 0.335 e. The number of carbonyl (C=O) groups is 1. The number of hydrogen-bond acceptors (Lipinski definition) is 5. The van der Waals surface area contributed by atoms with E-state index in [0.717, 1.165) is 16.9 Å². The Balaban J connectivity index is 1.86. The van der Waals surface area contributed by atoms with Gasteiger partial charge in [-0.2, -0.15) is 4.98 Å². The molecule has 0 aliphatic heterocycles. The highest BCUT2D eigenvalue weighted by Crippen LogP contribution is 2.26. The van der Waals surface area contributed by atoms with Crippen LogP contribution in [0.1, 0.15) is 21.6 Å². The fourth-order valence-corrected chi connectivity index (χ4v) is 2.19. The molecule has 0 unspecified atom stereocenters. The number of benzene rings is 2. The second-order valence-electron chi connectivity index (χ2n) is 5.49. The Bertz CT molecular complexity index is 894. The third kappa shape index (κ3) is 3.92. The summed E-state index contributed by atoms with van der Waals surface area (Å²) in [5.74, 6) is 0.396. The maximum absolute atomic E-state index is 10.9. The topological polar surface area (TPSA) is 84.3 Å². The van der Waals surface area contributed by atoms with Crippen LogP contribution in [0.4, 0.5) is 11.6 Å². The number of carboxylic acid groups (broad SMARTS) is 1. The van der Waals surface area contributed by atoms with Gasteiger partial charge in [0.15, 0.2) is 0 Å². The number of nitrogens with one attached hydrogen (secondary N) is 1. The van der Waals surface area contributed by atoms with E-state index in [1.165, 1.54) is 12.1 Å². The van der Waals surface area contributed by atoms with Gasteiger partial charge in [-0.1, -0.05) is 18.2 Å². The summed E-state index contributed by atoms with van der Waals surface area (Å²) in [6.07, 6.45) is 0. The van der Waals surface area contributed by atoms with Crippen molar-refractivity contribution in [2.75, 3.05) is 5.32 Å². The number of aryl methyl sites for hydroxylation is 1. The van der Waals surface area contributed by atoms with Crippen LogP contribution in [0.25, 0.3) is 0 Å². The first-order valence-corrected chi connectivity index (χ1v) is 7.71. The van der Waals surface area contributed by atoms with Crippen LogP contribution < -0.4 is 10.1 Å². The Morgan fingerprint density at radius 3 is 2.32 bits per heavy atom. The molecule has 0 saturated carbocycles. The third-order valence-corrected chi connectivity index (χ3v) is 3.69. The molecule has 1 aromatic heterocycles. The SMILES string of the molecule is Cc1nc(Nc2ccccc2)nc(Oc2ccc(C(=O)O)cc2)c1C. The summed E-state index contributed by atoms with van der Waals surface area (Å²) in [5, 5.41) is 12.1. The number of ether oxygens (including phenoxy) is 1. The number of carboxylic acids is 1. The van der Waals surface area contributed by atoms with E-state index >= 15 is 0 Å². The van der Waals surface area contributed by atoms with Gasteiger partial charge in [0.05, 0.1) is 5.56 Å². The first-order chi connectivity index (χ1) is 12.0. The maximum Gasteiger partial charge on any atom is 0.335 e. The molecule has 0 aliphatic carbocycles. The molecule has 0 bridgehead atoms. The molecule has 0 fully saturated rings. The number of aromatic nitrogens is 2. The van der Waals surface area contributed by atoms with Crippen LogP contribution in [0, 0.1) is 13.8 Å². The first-order valence-electron chi connectivity index (χ1n) is 7.71. The minimum Gasteiger partial charge on any atom is -0.478 e. The van der Waals surface area contributed by atoms with Crippen molar-refractivity contribution in [3.05, 3.63) is 71.4 Å². The molecule has 0 radical (unpaired) electrons. The lowest BCUT2D eigenvalue weighted by atomic mass is 10.2. The van der Waals surface area contributed by atoms with Crippen molar-refractivity contribution in [1.29, 1.82) is 0 Å². The van der Waals surface area contributed by atoms with Crippen LogP contribution in [-0.2, 0) is 0 Å². The number of para-hydroxylation sites is 1. The quantitative estimate of drug-likeness (QED) is 0.722. The fraction of sp³-hybridized carbons (Fsp3) is 0.105. The summed E-state index contributed by atoms with van der Waals surface area (Å²) in [6.45, 7) is 3.76. The molecule has 0 aliphatic rings. The molecule has 6 nitrogen and oxygen atoms in total. The van der Waals surface area contributed by atoms with Crippen LogP contribution >= 0.6 is 0 Å². The molecule has 0 amide bonds. The zero-order valence-electron chi connectivity index (χ0n) is 13.9. The number of nitrogens with zero attached hydrogens (tertiary/aromatic N) is 2. The minimum absolute atomic E-state index is 0.203. The zero-order chi connectivity index (χ0) is 17.8. The molecule has 25 heavy (non-hydrogen) atoms. The number of hydrogen-bond donors (Lipinski definition) is 2. The number of aromatic carboxylic acids is 1. The van der Waals surface area contributed by atoms with Crippen molar-refractivity contribution in [3.63, 3.8) is 0 Å². The molecule has 2 N–H and O–H groups in total. The van der Waals surface area contributed by atoms with Gasteiger partial charge in [0.25, 0.3) is 0 Å². The van der Waals surface area contributed by atoms with Crippen molar-refractivity contribution in [1.82, 2.24) is 9.97 Å². The van der Waals surface area contributed by atoms with Gasteiger partial charge in [-0.25, -0.2) is 9.78 Å². The Morgan fingerprint density at radius 1 is 1.00 bits per heavy atom. The summed E-state index contributed by atoms with van der Waals surface area (Å²) < 4.78 is 5.82. The lowest BCUT2D eigenvalue weighted by Gasteiger charge is -2.12. The highest BCUT2D eigenvalue weighted by Gasteiger charge is 2.11. The van der Waals surface area contributed by atoms with Crippen molar-refractivity contribution in [2.45, 2.75) is 13.8 Å². The van der Waals surface area contributed by atoms with E-state index in [4.69, 9.17) is 9.84 Å². The van der Waals surface area contributed by atoms with Gasteiger partial charge in [-0.15, -0.1) is 0 Å². The lowest BCUT2D eigenvalue weighted by Crippen LogP contribution is -2.03. The van der Waals surface area contributed by atoms with Gasteiger partial charge in [0.1, 0.15) is 5.75 Å². The molecule has 126 valence electrons. The van der Waals surface area contributed by atoms with Crippen LogP contribution in [-0.4, -0.2) is 21.0 Å². The second-order valence-corrected chi connectivity index (χ2v) is 5.49. The standard InChI is InChI=1S/C19H17N3O3/c1-12-13(2)20-19(21-15-6-4-3-5-7-15)22-17(12)25-16-10-8-14(9-11-16)18(23)24/h3-11H,1-2H3,(H,23,24)(H,20,21,22). The van der Waals surface area contributed by atoms with Gasteiger partial charge in [0, 0.05) is 16.9 Å². The first kappa shape index (κ1) is 16.4.